The molecule has 54 heavy (non-hydrogen) atoms. The summed E-state index contributed by atoms with van der Waals surface area (Å²) in [6.45, 7) is 17.4. The van der Waals surface area contributed by atoms with Crippen molar-refractivity contribution in [1.82, 2.24) is 0 Å². The predicted octanol–water partition coefficient (Wildman–Crippen LogP) is 15.4. The van der Waals surface area contributed by atoms with Crippen molar-refractivity contribution in [3.8, 4) is 0 Å². The van der Waals surface area contributed by atoms with E-state index >= 15 is 0 Å². The van der Waals surface area contributed by atoms with Gasteiger partial charge in [0.2, 0.25) is 0 Å². The average Bonchev–Trinajstić information content (AvgIpc) is 3.23. The van der Waals surface area contributed by atoms with Gasteiger partial charge in [0, 0.05) is 45.4 Å². The Morgan fingerprint density at radius 3 is 2.06 bits per heavy atom. The van der Waals surface area contributed by atoms with Crippen LogP contribution in [-0.2, 0) is 0 Å². The van der Waals surface area contributed by atoms with Gasteiger partial charge in [-0.2, -0.15) is 0 Å². The molecular weight excluding hydrogens is 653 g/mol. The molecule has 5 aromatic rings. The Kier molecular flexibility index (Phi) is 14.6. The van der Waals surface area contributed by atoms with Crippen molar-refractivity contribution in [3.63, 3.8) is 0 Å². The standard InChI is InChI=1S/C50H48N2.C2H6/c1-5-20-42(35-38(4)45-27-16-18-29-48(45)52-49-30-19-17-28-46(49)41-23-12-8-13-24-41)43-33-34-50(51-44-25-14-9-15-26-44)47(36-43)37(3)31-32-39(6-2)40-21-10-7-11-22-40;1-2/h5-7,9-12,14-34,36,42,51-52H,3-4,8,13,35H2,1-2H3;1-2H3/b20-5-,32-31-,39-6+;. The lowest BCUT2D eigenvalue weighted by molar-refractivity contribution is 0.875. The molecule has 0 saturated carbocycles. The van der Waals surface area contributed by atoms with Crippen molar-refractivity contribution >= 4 is 45.0 Å². The van der Waals surface area contributed by atoms with Crippen molar-refractivity contribution in [2.45, 2.75) is 52.9 Å². The molecule has 0 radical (unpaired) electrons. The molecule has 0 bridgehead atoms. The normalized spacial score (nSPS) is 13.2. The number of allylic oxidation sites excluding steroid dienone is 12. The van der Waals surface area contributed by atoms with E-state index in [2.05, 4.69) is 189 Å². The van der Waals surface area contributed by atoms with Gasteiger partial charge in [0.25, 0.3) is 0 Å². The smallest absolute Gasteiger partial charge is 0.0463 e. The highest BCUT2D eigenvalue weighted by atomic mass is 14.9. The Hall–Kier alpha value is -6.12. The Balaban J connectivity index is 0.00000276. The fraction of sp³-hybridized carbons (Fsp3) is 0.154. The summed E-state index contributed by atoms with van der Waals surface area (Å²) in [6.07, 6.45) is 20.6. The third-order valence-electron chi connectivity index (χ3n) is 9.45. The van der Waals surface area contributed by atoms with Gasteiger partial charge in [0.05, 0.1) is 0 Å². The molecule has 0 heterocycles. The van der Waals surface area contributed by atoms with Crippen LogP contribution in [0.3, 0.4) is 0 Å². The lowest BCUT2D eigenvalue weighted by Gasteiger charge is -2.21. The van der Waals surface area contributed by atoms with Crippen LogP contribution in [0.2, 0.25) is 0 Å². The van der Waals surface area contributed by atoms with Gasteiger partial charge in [-0.05, 0) is 103 Å². The Labute approximate surface area is 324 Å². The number of para-hydroxylation sites is 3. The molecular formula is C52H54N2. The predicted molar refractivity (Wildman–Crippen MR) is 240 cm³/mol. The monoisotopic (exact) mass is 706 g/mol. The van der Waals surface area contributed by atoms with Crippen LogP contribution in [-0.4, -0.2) is 0 Å². The summed E-state index contributed by atoms with van der Waals surface area (Å²) in [4.78, 5) is 0. The number of nitrogens with one attached hydrogen (secondary N) is 2. The van der Waals surface area contributed by atoms with E-state index in [4.69, 9.17) is 0 Å². The Morgan fingerprint density at radius 2 is 1.35 bits per heavy atom. The second kappa shape index (κ2) is 20.2. The second-order valence-corrected chi connectivity index (χ2v) is 13.1. The molecule has 1 aliphatic carbocycles. The minimum atomic E-state index is 0.118. The largest absolute Gasteiger partial charge is 0.355 e. The molecule has 5 aromatic carbocycles. The van der Waals surface area contributed by atoms with Gasteiger partial charge in [-0.1, -0.05) is 167 Å². The lowest BCUT2D eigenvalue weighted by Crippen LogP contribution is -2.03. The minimum absolute atomic E-state index is 0.118. The number of anilines is 4. The van der Waals surface area contributed by atoms with E-state index in [-0.39, 0.29) is 5.92 Å². The molecule has 1 aliphatic rings. The maximum absolute atomic E-state index is 4.66. The van der Waals surface area contributed by atoms with Gasteiger partial charge in [0.1, 0.15) is 0 Å². The SMILES string of the molecule is C=C(/C=C\C(=C/C)c1ccccc1)c1cc(C(/C=C\C)CC(=C)c2ccccc2Nc2ccccc2C2=CCCC=C2)ccc1Nc1ccccc1.CC. The first-order chi connectivity index (χ1) is 26.5. The second-order valence-electron chi connectivity index (χ2n) is 13.1. The van der Waals surface area contributed by atoms with E-state index in [1.54, 1.807) is 0 Å². The molecule has 0 aromatic heterocycles. The van der Waals surface area contributed by atoms with Crippen molar-refractivity contribution in [1.29, 1.82) is 0 Å². The molecule has 1 unspecified atom stereocenters. The summed E-state index contributed by atoms with van der Waals surface area (Å²) in [7, 11) is 0. The number of hydrogen-bond acceptors (Lipinski definition) is 2. The topological polar surface area (TPSA) is 24.1 Å². The Bertz CT molecular complexity index is 2160. The maximum Gasteiger partial charge on any atom is 0.0463 e. The van der Waals surface area contributed by atoms with Crippen LogP contribution in [0.15, 0.2) is 189 Å². The molecule has 0 spiro atoms. The first kappa shape index (κ1) is 39.1. The highest BCUT2D eigenvalue weighted by Gasteiger charge is 2.17. The van der Waals surface area contributed by atoms with E-state index in [0.29, 0.717) is 0 Å². The fourth-order valence-corrected chi connectivity index (χ4v) is 6.72. The number of benzene rings is 5. The summed E-state index contributed by atoms with van der Waals surface area (Å²) in [6, 6.07) is 44.6. The average molecular weight is 707 g/mol. The number of rotatable bonds is 14. The minimum Gasteiger partial charge on any atom is -0.355 e. The zero-order valence-corrected chi connectivity index (χ0v) is 32.4. The molecule has 0 saturated heterocycles. The third kappa shape index (κ3) is 10.3. The van der Waals surface area contributed by atoms with Crippen LogP contribution in [0.1, 0.15) is 80.7 Å². The number of hydrogen-bond donors (Lipinski definition) is 2. The Morgan fingerprint density at radius 1 is 0.685 bits per heavy atom. The fourth-order valence-electron chi connectivity index (χ4n) is 6.72. The van der Waals surface area contributed by atoms with Gasteiger partial charge >= 0.3 is 0 Å². The highest BCUT2D eigenvalue weighted by molar-refractivity contribution is 5.88. The van der Waals surface area contributed by atoms with Crippen LogP contribution in [0.4, 0.5) is 22.7 Å². The third-order valence-corrected chi connectivity index (χ3v) is 9.45. The maximum atomic E-state index is 4.66. The zero-order chi connectivity index (χ0) is 38.1. The molecule has 2 heteroatoms. The summed E-state index contributed by atoms with van der Waals surface area (Å²) in [5.74, 6) is 0.118. The van der Waals surface area contributed by atoms with E-state index < -0.39 is 0 Å². The van der Waals surface area contributed by atoms with Crippen molar-refractivity contribution in [2.75, 3.05) is 10.6 Å². The lowest BCUT2D eigenvalue weighted by atomic mass is 9.87. The summed E-state index contributed by atoms with van der Waals surface area (Å²) < 4.78 is 0. The first-order valence-corrected chi connectivity index (χ1v) is 19.2. The highest BCUT2D eigenvalue weighted by Crippen LogP contribution is 2.38. The van der Waals surface area contributed by atoms with Gasteiger partial charge < -0.3 is 10.6 Å². The zero-order valence-electron chi connectivity index (χ0n) is 32.4. The molecule has 2 nitrogen and oxygen atoms in total. The van der Waals surface area contributed by atoms with Crippen LogP contribution >= 0.6 is 0 Å². The first-order valence-electron chi connectivity index (χ1n) is 19.2. The van der Waals surface area contributed by atoms with Crippen molar-refractivity contribution < 1.29 is 0 Å². The van der Waals surface area contributed by atoms with Crippen LogP contribution in [0, 0.1) is 0 Å². The van der Waals surface area contributed by atoms with Crippen LogP contribution < -0.4 is 10.6 Å². The molecule has 1 atom stereocenters. The molecule has 0 fully saturated rings. The van der Waals surface area contributed by atoms with Gasteiger partial charge in [0.15, 0.2) is 0 Å². The molecule has 0 aliphatic heterocycles. The van der Waals surface area contributed by atoms with E-state index in [9.17, 15) is 0 Å². The van der Waals surface area contributed by atoms with Crippen LogP contribution in [0.25, 0.3) is 22.3 Å². The summed E-state index contributed by atoms with van der Waals surface area (Å²) in [5.41, 5.74) is 14.4. The molecule has 0 amide bonds. The van der Waals surface area contributed by atoms with Crippen molar-refractivity contribution in [2.24, 2.45) is 0 Å². The molecule has 2 N–H and O–H groups in total. The quantitative estimate of drug-likeness (QED) is 0.0887. The summed E-state index contributed by atoms with van der Waals surface area (Å²) in [5, 5.41) is 7.42. The van der Waals surface area contributed by atoms with E-state index in [1.807, 2.05) is 38.1 Å². The van der Waals surface area contributed by atoms with E-state index in [1.165, 1.54) is 22.3 Å². The van der Waals surface area contributed by atoms with Gasteiger partial charge in [-0.15, -0.1) is 0 Å². The summed E-state index contributed by atoms with van der Waals surface area (Å²) >= 11 is 0. The molecule has 272 valence electrons. The van der Waals surface area contributed by atoms with Gasteiger partial charge in [-0.3, -0.25) is 0 Å². The molecule has 6 rings (SSSR count). The van der Waals surface area contributed by atoms with E-state index in [0.717, 1.165) is 69.9 Å². The van der Waals surface area contributed by atoms with Crippen LogP contribution in [0.5, 0.6) is 0 Å². The van der Waals surface area contributed by atoms with Gasteiger partial charge in [-0.25, -0.2) is 0 Å². The van der Waals surface area contributed by atoms with Crippen molar-refractivity contribution in [3.05, 3.63) is 217 Å².